The summed E-state index contributed by atoms with van der Waals surface area (Å²) in [5.41, 5.74) is -1.17. The highest BCUT2D eigenvalue weighted by Crippen LogP contribution is 2.27. The molecule has 162 valence electrons. The van der Waals surface area contributed by atoms with Gasteiger partial charge in [-0.15, -0.1) is 0 Å². The van der Waals surface area contributed by atoms with Gasteiger partial charge in [-0.1, -0.05) is 12.1 Å². The minimum absolute atomic E-state index is 0.0175. The van der Waals surface area contributed by atoms with E-state index < -0.39 is 26.2 Å². The Bertz CT molecular complexity index is 1150. The van der Waals surface area contributed by atoms with Gasteiger partial charge >= 0.3 is 5.69 Å². The Hall–Kier alpha value is -2.92. The number of anilines is 1. The zero-order valence-corrected chi connectivity index (χ0v) is 17.5. The minimum Gasteiger partial charge on any atom is -0.492 e. The van der Waals surface area contributed by atoms with Crippen molar-refractivity contribution in [2.24, 2.45) is 5.92 Å². The van der Waals surface area contributed by atoms with Crippen LogP contribution in [0.2, 0.25) is 0 Å². The normalized spacial score (nSPS) is 15.7. The van der Waals surface area contributed by atoms with Gasteiger partial charge in [0.05, 0.1) is 12.3 Å². The quantitative estimate of drug-likeness (QED) is 0.612. The smallest absolute Gasteiger partial charge is 0.325 e. The number of carbonyl (C=O) groups is 1. The van der Waals surface area contributed by atoms with Gasteiger partial charge in [0.2, 0.25) is 15.9 Å². The van der Waals surface area contributed by atoms with E-state index in [4.69, 9.17) is 4.74 Å². The number of aryl methyl sites for hydroxylation is 1. The van der Waals surface area contributed by atoms with Crippen LogP contribution in [0.3, 0.4) is 0 Å². The molecular formula is C19H24N4O6S. The molecule has 1 amide bonds. The highest BCUT2D eigenvalue weighted by molar-refractivity contribution is 7.89. The van der Waals surface area contributed by atoms with Crippen molar-refractivity contribution in [1.29, 1.82) is 0 Å². The van der Waals surface area contributed by atoms with Crippen molar-refractivity contribution in [2.75, 3.05) is 25.0 Å². The maximum Gasteiger partial charge on any atom is 0.325 e. The van der Waals surface area contributed by atoms with Crippen molar-refractivity contribution >= 4 is 21.6 Å². The molecule has 0 saturated carbocycles. The summed E-state index contributed by atoms with van der Waals surface area (Å²) in [6.45, 7) is 3.85. The number of piperidine rings is 1. The first-order valence-corrected chi connectivity index (χ1v) is 11.0. The third-order valence-electron chi connectivity index (χ3n) is 4.94. The van der Waals surface area contributed by atoms with Gasteiger partial charge in [-0.25, -0.2) is 13.2 Å². The summed E-state index contributed by atoms with van der Waals surface area (Å²) in [6, 6.07) is 7.11. The monoisotopic (exact) mass is 436 g/mol. The van der Waals surface area contributed by atoms with Crippen LogP contribution in [-0.2, 0) is 14.8 Å². The molecule has 1 aliphatic heterocycles. The van der Waals surface area contributed by atoms with Crippen LogP contribution in [0, 0.1) is 12.8 Å². The van der Waals surface area contributed by atoms with E-state index in [1.807, 2.05) is 18.0 Å². The van der Waals surface area contributed by atoms with Gasteiger partial charge in [-0.2, -0.15) is 4.31 Å². The van der Waals surface area contributed by atoms with Gasteiger partial charge < -0.3 is 15.0 Å². The van der Waals surface area contributed by atoms with Crippen LogP contribution in [0.25, 0.3) is 0 Å². The third kappa shape index (κ3) is 4.46. The van der Waals surface area contributed by atoms with Crippen LogP contribution in [0.5, 0.6) is 5.75 Å². The van der Waals surface area contributed by atoms with Crippen molar-refractivity contribution in [1.82, 2.24) is 14.3 Å². The zero-order chi connectivity index (χ0) is 21.9. The van der Waals surface area contributed by atoms with Gasteiger partial charge in [0.1, 0.15) is 5.75 Å². The van der Waals surface area contributed by atoms with Crippen LogP contribution in [0.15, 0.2) is 38.8 Å². The summed E-state index contributed by atoms with van der Waals surface area (Å²) in [6.07, 6.45) is 0.615. The Morgan fingerprint density at radius 3 is 2.50 bits per heavy atom. The summed E-state index contributed by atoms with van der Waals surface area (Å²) in [5, 5.41) is 2.85. The molecular weight excluding hydrogens is 412 g/mol. The first kappa shape index (κ1) is 21.8. The van der Waals surface area contributed by atoms with E-state index in [0.717, 1.165) is 0 Å². The Morgan fingerprint density at radius 1 is 1.20 bits per heavy atom. The molecule has 1 saturated heterocycles. The number of benzene rings is 1. The molecule has 0 spiro atoms. The number of amides is 1. The fourth-order valence-electron chi connectivity index (χ4n) is 3.47. The molecule has 11 heteroatoms. The fourth-order valence-corrected chi connectivity index (χ4v) is 5.15. The largest absolute Gasteiger partial charge is 0.492 e. The number of nitrogens with zero attached hydrogens (tertiary/aromatic N) is 1. The topological polar surface area (TPSA) is 141 Å². The summed E-state index contributed by atoms with van der Waals surface area (Å²) in [4.78, 5) is 39.8. The van der Waals surface area contributed by atoms with Gasteiger partial charge in [-0.05, 0) is 38.8 Å². The summed E-state index contributed by atoms with van der Waals surface area (Å²) < 4.78 is 32.5. The van der Waals surface area contributed by atoms with E-state index in [-0.39, 0.29) is 30.6 Å². The molecule has 1 fully saturated rings. The van der Waals surface area contributed by atoms with E-state index >= 15 is 0 Å². The zero-order valence-electron chi connectivity index (χ0n) is 16.7. The molecule has 3 rings (SSSR count). The van der Waals surface area contributed by atoms with Gasteiger partial charge in [-0.3, -0.25) is 14.6 Å². The number of hydrogen-bond acceptors (Lipinski definition) is 6. The molecule has 0 aliphatic carbocycles. The van der Waals surface area contributed by atoms with Crippen molar-refractivity contribution < 1.29 is 17.9 Å². The molecule has 2 heterocycles. The number of sulfonamides is 1. The molecule has 0 bridgehead atoms. The number of rotatable bonds is 6. The van der Waals surface area contributed by atoms with E-state index in [0.29, 0.717) is 30.9 Å². The van der Waals surface area contributed by atoms with E-state index in [9.17, 15) is 22.8 Å². The van der Waals surface area contributed by atoms with Crippen molar-refractivity contribution in [3.8, 4) is 5.75 Å². The SMILES string of the molecule is CCOc1ccccc1NC(=O)C1CCN(S(=O)(=O)c2c(C)[nH]c(=O)[nH]c2=O)CC1. The van der Waals surface area contributed by atoms with E-state index in [1.165, 1.54) is 11.2 Å². The second kappa shape index (κ2) is 8.84. The van der Waals surface area contributed by atoms with Crippen LogP contribution < -0.4 is 21.3 Å². The summed E-state index contributed by atoms with van der Waals surface area (Å²) in [7, 11) is -4.09. The number of aromatic nitrogens is 2. The second-order valence-electron chi connectivity index (χ2n) is 6.96. The first-order valence-electron chi connectivity index (χ1n) is 9.60. The van der Waals surface area contributed by atoms with Crippen molar-refractivity contribution in [3.05, 3.63) is 50.8 Å². The molecule has 3 N–H and O–H groups in total. The van der Waals surface area contributed by atoms with Gasteiger partial charge in [0.15, 0.2) is 4.90 Å². The molecule has 30 heavy (non-hydrogen) atoms. The number of carbonyl (C=O) groups excluding carboxylic acids is 1. The molecule has 2 aromatic rings. The molecule has 0 radical (unpaired) electrons. The lowest BCUT2D eigenvalue weighted by Crippen LogP contribution is -2.44. The van der Waals surface area contributed by atoms with Gasteiger partial charge in [0.25, 0.3) is 5.56 Å². The Balaban J connectivity index is 1.70. The Labute approximate surface area is 173 Å². The van der Waals surface area contributed by atoms with Gasteiger partial charge in [0, 0.05) is 24.7 Å². The highest BCUT2D eigenvalue weighted by atomic mass is 32.2. The molecule has 1 aromatic heterocycles. The lowest BCUT2D eigenvalue weighted by molar-refractivity contribution is -0.120. The average Bonchev–Trinajstić information content (AvgIpc) is 2.68. The predicted octanol–water partition coefficient (Wildman–Crippen LogP) is 0.810. The van der Waals surface area contributed by atoms with Crippen LogP contribution >= 0.6 is 0 Å². The number of para-hydroxylation sites is 2. The summed E-state index contributed by atoms with van der Waals surface area (Å²) in [5.74, 6) is -0.0144. The van der Waals surface area contributed by atoms with Crippen molar-refractivity contribution in [2.45, 2.75) is 31.6 Å². The number of aromatic amines is 2. The lowest BCUT2D eigenvalue weighted by Gasteiger charge is -2.30. The molecule has 1 aliphatic rings. The van der Waals surface area contributed by atoms with E-state index in [2.05, 4.69) is 10.3 Å². The average molecular weight is 436 g/mol. The highest BCUT2D eigenvalue weighted by Gasteiger charge is 2.35. The minimum atomic E-state index is -4.09. The molecule has 10 nitrogen and oxygen atoms in total. The number of ether oxygens (including phenoxy) is 1. The molecule has 0 atom stereocenters. The fraction of sp³-hybridized carbons (Fsp3) is 0.421. The maximum atomic E-state index is 12.9. The van der Waals surface area contributed by atoms with E-state index in [1.54, 1.807) is 18.2 Å². The first-order chi connectivity index (χ1) is 14.2. The van der Waals surface area contributed by atoms with Crippen LogP contribution in [0.4, 0.5) is 5.69 Å². The number of hydrogen-bond donors (Lipinski definition) is 3. The molecule has 1 aromatic carbocycles. The lowest BCUT2D eigenvalue weighted by atomic mass is 9.97. The second-order valence-corrected chi connectivity index (χ2v) is 8.83. The molecule has 0 unspecified atom stereocenters. The van der Waals surface area contributed by atoms with Crippen molar-refractivity contribution in [3.63, 3.8) is 0 Å². The maximum absolute atomic E-state index is 12.9. The third-order valence-corrected chi connectivity index (χ3v) is 6.99. The Kier molecular flexibility index (Phi) is 6.42. The summed E-state index contributed by atoms with van der Waals surface area (Å²) >= 11 is 0. The number of H-pyrrole nitrogens is 2. The van der Waals surface area contributed by atoms with Crippen LogP contribution in [-0.4, -0.2) is 48.3 Å². The standard InChI is InChI=1S/C19H24N4O6S/c1-3-29-15-7-5-4-6-14(15)21-17(24)13-8-10-23(11-9-13)30(27,28)16-12(2)20-19(26)22-18(16)25/h4-7,13H,3,8-11H2,1-2H3,(H,21,24)(H2,20,22,25,26). The van der Waals surface area contributed by atoms with Crippen LogP contribution in [0.1, 0.15) is 25.5 Å². The predicted molar refractivity (Wildman–Crippen MR) is 110 cm³/mol. The number of nitrogens with one attached hydrogen (secondary N) is 3. The Morgan fingerprint density at radius 2 is 1.87 bits per heavy atom.